The second-order valence-corrected chi connectivity index (χ2v) is 5.90. The summed E-state index contributed by atoms with van der Waals surface area (Å²) < 4.78 is 10.5. The van der Waals surface area contributed by atoms with Gasteiger partial charge in [0.2, 0.25) is 0 Å². The first-order chi connectivity index (χ1) is 9.52. The number of ether oxygens (including phenoxy) is 1. The van der Waals surface area contributed by atoms with Gasteiger partial charge in [-0.25, -0.2) is 0 Å². The average Bonchev–Trinajstić information content (AvgIpc) is 2.94. The summed E-state index contributed by atoms with van der Waals surface area (Å²) in [4.78, 5) is 14.5. The van der Waals surface area contributed by atoms with Crippen LogP contribution in [0.5, 0.6) is 0 Å². The van der Waals surface area contributed by atoms with Crippen molar-refractivity contribution >= 4 is 5.91 Å². The molecular formula is C15H24N2O3. The topological polar surface area (TPSA) is 55.6 Å². The zero-order valence-electron chi connectivity index (χ0n) is 12.8. The summed E-state index contributed by atoms with van der Waals surface area (Å²) in [5.74, 6) is -0.0476. The summed E-state index contributed by atoms with van der Waals surface area (Å²) in [6.07, 6.45) is 3.48. The van der Waals surface area contributed by atoms with Gasteiger partial charge in [-0.05, 0) is 19.8 Å². The number of hydrogen-bond acceptors (Lipinski definition) is 4. The van der Waals surface area contributed by atoms with Crippen LogP contribution in [0.4, 0.5) is 0 Å². The third kappa shape index (κ3) is 2.59. The highest BCUT2D eigenvalue weighted by atomic mass is 16.5. The van der Waals surface area contributed by atoms with Crippen LogP contribution in [0, 0.1) is 5.41 Å². The molecular weight excluding hydrogens is 256 g/mol. The smallest absolute Gasteiger partial charge is 0.276 e. The summed E-state index contributed by atoms with van der Waals surface area (Å²) in [6, 6.07) is 1.82. The Morgan fingerprint density at radius 1 is 1.55 bits per heavy atom. The molecule has 1 saturated carbocycles. The minimum absolute atomic E-state index is 0.0232. The van der Waals surface area contributed by atoms with Crippen LogP contribution in [0.1, 0.15) is 51.0 Å². The second kappa shape index (κ2) is 5.95. The first kappa shape index (κ1) is 15.0. The minimum atomic E-state index is -0.0476. The maximum Gasteiger partial charge on any atom is 0.276 e. The number of carbonyl (C=O) groups is 1. The van der Waals surface area contributed by atoms with E-state index in [1.54, 1.807) is 6.07 Å². The number of nitrogens with zero attached hydrogens (tertiary/aromatic N) is 2. The summed E-state index contributed by atoms with van der Waals surface area (Å²) in [5, 5.41) is 3.77. The molecule has 0 spiro atoms. The van der Waals surface area contributed by atoms with Crippen LogP contribution < -0.4 is 0 Å². The molecule has 5 heteroatoms. The van der Waals surface area contributed by atoms with E-state index in [4.69, 9.17) is 9.26 Å². The Morgan fingerprint density at radius 2 is 2.30 bits per heavy atom. The van der Waals surface area contributed by atoms with Crippen LogP contribution in [0.25, 0.3) is 0 Å². The molecule has 1 aliphatic carbocycles. The lowest BCUT2D eigenvalue weighted by molar-refractivity contribution is -0.140. The molecule has 0 N–H and O–H groups in total. The predicted octanol–water partition coefficient (Wildman–Crippen LogP) is 2.73. The minimum Gasteiger partial charge on any atom is -0.378 e. The van der Waals surface area contributed by atoms with Gasteiger partial charge in [-0.3, -0.25) is 4.79 Å². The molecule has 1 heterocycles. The molecule has 0 bridgehead atoms. The number of hydrogen-bond donors (Lipinski definition) is 0. The summed E-state index contributed by atoms with van der Waals surface area (Å²) in [5.41, 5.74) is 0.360. The monoisotopic (exact) mass is 280 g/mol. The molecule has 0 saturated heterocycles. The van der Waals surface area contributed by atoms with Crippen molar-refractivity contribution in [1.82, 2.24) is 10.1 Å². The van der Waals surface area contributed by atoms with Crippen LogP contribution in [0.2, 0.25) is 0 Å². The van der Waals surface area contributed by atoms with Gasteiger partial charge >= 0.3 is 0 Å². The Morgan fingerprint density at radius 3 is 2.80 bits per heavy atom. The fourth-order valence-electron chi connectivity index (χ4n) is 2.99. The van der Waals surface area contributed by atoms with Crippen LogP contribution in [0.3, 0.4) is 0 Å². The number of carbonyl (C=O) groups excluding carboxylic acids is 1. The van der Waals surface area contributed by atoms with Crippen molar-refractivity contribution in [3.05, 3.63) is 18.0 Å². The van der Waals surface area contributed by atoms with E-state index >= 15 is 0 Å². The molecule has 0 radical (unpaired) electrons. The van der Waals surface area contributed by atoms with Gasteiger partial charge in [0.25, 0.3) is 5.91 Å². The molecule has 0 aromatic carbocycles. The standard InChI is InChI=1S/C15H24N2O3/c1-5-8-17(14(18)11-7-9-20-16-11)12-10-13(19-6-2)15(12,3)4/h7,9,12-13H,5-6,8,10H2,1-4H3/t12-,13-/m1/s1. The molecule has 0 unspecified atom stereocenters. The van der Waals surface area contributed by atoms with E-state index in [1.807, 2.05) is 11.8 Å². The van der Waals surface area contributed by atoms with Crippen molar-refractivity contribution in [3.8, 4) is 0 Å². The lowest BCUT2D eigenvalue weighted by Crippen LogP contribution is -2.63. The number of amides is 1. The zero-order chi connectivity index (χ0) is 14.8. The van der Waals surface area contributed by atoms with E-state index < -0.39 is 0 Å². The van der Waals surface area contributed by atoms with Crippen molar-refractivity contribution in [1.29, 1.82) is 0 Å². The highest BCUT2D eigenvalue weighted by Gasteiger charge is 2.52. The lowest BCUT2D eigenvalue weighted by atomic mass is 9.63. The van der Waals surface area contributed by atoms with E-state index in [0.29, 0.717) is 12.3 Å². The first-order valence-corrected chi connectivity index (χ1v) is 7.35. The average molecular weight is 280 g/mol. The molecule has 1 aromatic heterocycles. The molecule has 5 nitrogen and oxygen atoms in total. The zero-order valence-corrected chi connectivity index (χ0v) is 12.8. The van der Waals surface area contributed by atoms with Gasteiger partial charge in [-0.2, -0.15) is 0 Å². The molecule has 2 atom stereocenters. The summed E-state index contributed by atoms with van der Waals surface area (Å²) in [7, 11) is 0. The molecule has 1 amide bonds. The maximum absolute atomic E-state index is 12.5. The summed E-state index contributed by atoms with van der Waals surface area (Å²) in [6.45, 7) is 9.87. The van der Waals surface area contributed by atoms with Crippen LogP contribution in [-0.2, 0) is 4.74 Å². The van der Waals surface area contributed by atoms with Crippen LogP contribution in [-0.4, -0.2) is 41.3 Å². The third-order valence-electron chi connectivity index (χ3n) is 4.25. The van der Waals surface area contributed by atoms with Crippen LogP contribution in [0.15, 0.2) is 16.9 Å². The lowest BCUT2D eigenvalue weighted by Gasteiger charge is -2.55. The van der Waals surface area contributed by atoms with E-state index in [9.17, 15) is 4.79 Å². The Hall–Kier alpha value is -1.36. The first-order valence-electron chi connectivity index (χ1n) is 7.35. The van der Waals surface area contributed by atoms with E-state index in [2.05, 4.69) is 25.9 Å². The van der Waals surface area contributed by atoms with Crippen molar-refractivity contribution in [2.45, 2.75) is 52.7 Å². The Balaban J connectivity index is 2.12. The van der Waals surface area contributed by atoms with Crippen molar-refractivity contribution in [3.63, 3.8) is 0 Å². The van der Waals surface area contributed by atoms with Gasteiger partial charge in [-0.15, -0.1) is 0 Å². The molecule has 1 fully saturated rings. The molecule has 2 rings (SSSR count). The highest BCUT2D eigenvalue weighted by molar-refractivity contribution is 5.92. The maximum atomic E-state index is 12.5. The van der Waals surface area contributed by atoms with E-state index in [-0.39, 0.29) is 23.5 Å². The second-order valence-electron chi connectivity index (χ2n) is 5.90. The molecule has 20 heavy (non-hydrogen) atoms. The number of aromatic nitrogens is 1. The Labute approximate surface area is 120 Å². The highest BCUT2D eigenvalue weighted by Crippen LogP contribution is 2.46. The summed E-state index contributed by atoms with van der Waals surface area (Å²) >= 11 is 0. The molecule has 1 aliphatic rings. The van der Waals surface area contributed by atoms with Gasteiger partial charge in [0.05, 0.1) is 6.10 Å². The number of rotatable bonds is 6. The van der Waals surface area contributed by atoms with E-state index in [0.717, 1.165) is 19.4 Å². The van der Waals surface area contributed by atoms with Gasteiger partial charge in [0.15, 0.2) is 5.69 Å². The fraction of sp³-hybridized carbons (Fsp3) is 0.733. The molecule has 0 aliphatic heterocycles. The predicted molar refractivity (Wildman–Crippen MR) is 75.4 cm³/mol. The van der Waals surface area contributed by atoms with E-state index in [1.165, 1.54) is 6.26 Å². The van der Waals surface area contributed by atoms with Crippen molar-refractivity contribution < 1.29 is 14.1 Å². The van der Waals surface area contributed by atoms with Gasteiger partial charge in [0.1, 0.15) is 6.26 Å². The largest absolute Gasteiger partial charge is 0.378 e. The van der Waals surface area contributed by atoms with Crippen molar-refractivity contribution in [2.75, 3.05) is 13.2 Å². The Bertz CT molecular complexity index is 442. The molecule has 1 aromatic rings. The van der Waals surface area contributed by atoms with Gasteiger partial charge < -0.3 is 14.2 Å². The SMILES string of the molecule is CCCN(C(=O)c1ccon1)[C@@H]1C[C@@H](OCC)C1(C)C. The quantitative estimate of drug-likeness (QED) is 0.804. The third-order valence-corrected chi connectivity index (χ3v) is 4.25. The van der Waals surface area contributed by atoms with Gasteiger partial charge in [0, 0.05) is 30.7 Å². The van der Waals surface area contributed by atoms with Crippen LogP contribution >= 0.6 is 0 Å². The normalized spacial score (nSPS) is 24.2. The molecule has 112 valence electrons. The van der Waals surface area contributed by atoms with Gasteiger partial charge in [-0.1, -0.05) is 25.9 Å². The van der Waals surface area contributed by atoms with Crippen molar-refractivity contribution in [2.24, 2.45) is 5.41 Å². The Kier molecular flexibility index (Phi) is 4.48. The fourth-order valence-corrected chi connectivity index (χ4v) is 2.99.